The van der Waals surface area contributed by atoms with Crippen LogP contribution in [0.25, 0.3) is 21.8 Å². The van der Waals surface area contributed by atoms with E-state index in [9.17, 15) is 24.3 Å². The molecule has 2 heterocycles. The van der Waals surface area contributed by atoms with Crippen LogP contribution >= 0.6 is 0 Å². The van der Waals surface area contributed by atoms with Gasteiger partial charge in [-0.1, -0.05) is 36.4 Å². The van der Waals surface area contributed by atoms with E-state index in [0.29, 0.717) is 25.8 Å². The summed E-state index contributed by atoms with van der Waals surface area (Å²) in [6, 6.07) is 10.6. The zero-order chi connectivity index (χ0) is 35.3. The summed E-state index contributed by atoms with van der Waals surface area (Å²) in [5.41, 5.74) is 25.7. The first kappa shape index (κ1) is 36.4. The molecular formula is C34H46N10O5. The lowest BCUT2D eigenvalue weighted by molar-refractivity contribution is -0.142. The number of hydrogen-bond acceptors (Lipinski definition) is 7. The van der Waals surface area contributed by atoms with Crippen LogP contribution in [0.5, 0.6) is 0 Å². The third kappa shape index (κ3) is 10.3. The highest BCUT2D eigenvalue weighted by Gasteiger charge is 2.31. The molecule has 0 bridgehead atoms. The van der Waals surface area contributed by atoms with Crippen LogP contribution in [0.2, 0.25) is 0 Å². The van der Waals surface area contributed by atoms with Gasteiger partial charge in [-0.3, -0.25) is 19.4 Å². The van der Waals surface area contributed by atoms with E-state index in [1.165, 1.54) is 0 Å². The standard InChI is InChI=1S/C34H46N10O5/c35-14-6-5-13-27(33(48)49)42-31(46)29(17-21-19-41-26-12-4-2-9-23(21)26)44-32(47)28(16-20-18-40-25-11-3-1-8-22(20)25)43-30(45)24(36)10-7-15-39-34(37)38/h1-4,8-9,11-12,18-19,24,27-29,40-41H,5-7,10,13-17,35-36H2,(H,42,46)(H,43,45)(H,44,47)(H,48,49)(H4,37,38,39). The summed E-state index contributed by atoms with van der Waals surface area (Å²) >= 11 is 0. The van der Waals surface area contributed by atoms with Crippen molar-refractivity contribution in [3.05, 3.63) is 72.1 Å². The zero-order valence-corrected chi connectivity index (χ0v) is 27.3. The van der Waals surface area contributed by atoms with Crippen molar-refractivity contribution in [2.45, 2.75) is 69.1 Å². The highest BCUT2D eigenvalue weighted by atomic mass is 16.4. The number of amides is 3. The molecule has 4 unspecified atom stereocenters. The topological polar surface area (TPSA) is 273 Å². The maximum atomic E-state index is 14.1. The van der Waals surface area contributed by atoms with Gasteiger partial charge in [-0.2, -0.15) is 0 Å². The number of rotatable bonds is 19. The molecule has 4 rings (SSSR count). The fourth-order valence-corrected chi connectivity index (χ4v) is 5.68. The average Bonchev–Trinajstić information content (AvgIpc) is 3.69. The van der Waals surface area contributed by atoms with Crippen LogP contribution in [-0.2, 0) is 32.0 Å². The van der Waals surface area contributed by atoms with Gasteiger partial charge in [-0.05, 0) is 61.9 Å². The summed E-state index contributed by atoms with van der Waals surface area (Å²) in [7, 11) is 0. The first-order chi connectivity index (χ1) is 23.6. The molecule has 0 aliphatic carbocycles. The molecule has 4 aromatic rings. The maximum Gasteiger partial charge on any atom is 0.326 e. The van der Waals surface area contributed by atoms with Crippen molar-refractivity contribution in [3.63, 3.8) is 0 Å². The largest absolute Gasteiger partial charge is 0.480 e. The van der Waals surface area contributed by atoms with Gasteiger partial charge in [0.05, 0.1) is 6.04 Å². The van der Waals surface area contributed by atoms with Crippen molar-refractivity contribution in [2.24, 2.45) is 27.9 Å². The smallest absolute Gasteiger partial charge is 0.326 e. The van der Waals surface area contributed by atoms with Crippen molar-refractivity contribution >= 4 is 51.5 Å². The van der Waals surface area contributed by atoms with Crippen LogP contribution < -0.4 is 38.9 Å². The number of carboxylic acid groups (broad SMARTS) is 1. The Bertz CT molecular complexity index is 1760. The van der Waals surface area contributed by atoms with Crippen LogP contribution in [0.1, 0.15) is 43.2 Å². The van der Waals surface area contributed by atoms with Crippen LogP contribution in [0.4, 0.5) is 0 Å². The number of nitrogens with one attached hydrogen (secondary N) is 5. The Hall–Kier alpha value is -5.41. The number of guanidine groups is 1. The minimum atomic E-state index is -1.19. The molecule has 262 valence electrons. The van der Waals surface area contributed by atoms with E-state index < -0.39 is 47.9 Å². The molecule has 0 aliphatic rings. The molecule has 0 radical (unpaired) electrons. The molecular weight excluding hydrogens is 628 g/mol. The van der Waals surface area contributed by atoms with Gasteiger partial charge in [-0.15, -0.1) is 0 Å². The number of carboxylic acids is 1. The predicted molar refractivity (Wildman–Crippen MR) is 188 cm³/mol. The lowest BCUT2D eigenvalue weighted by Crippen LogP contribution is -2.58. The van der Waals surface area contributed by atoms with E-state index in [4.69, 9.17) is 22.9 Å². The average molecular weight is 675 g/mol. The number of fused-ring (bicyclic) bond motifs is 2. The Labute approximate surface area is 283 Å². The highest BCUT2D eigenvalue weighted by molar-refractivity contribution is 5.95. The number of carbonyl (C=O) groups excluding carboxylic acids is 3. The van der Waals surface area contributed by atoms with Gasteiger partial charge in [-0.25, -0.2) is 4.79 Å². The molecule has 15 nitrogen and oxygen atoms in total. The number of nitrogens with zero attached hydrogens (tertiary/aromatic N) is 1. The quantitative estimate of drug-likeness (QED) is 0.0376. The van der Waals surface area contributed by atoms with Crippen LogP contribution in [0.15, 0.2) is 65.9 Å². The molecule has 0 aliphatic heterocycles. The van der Waals surface area contributed by atoms with Crippen molar-refractivity contribution in [1.82, 2.24) is 25.9 Å². The normalized spacial score (nSPS) is 13.7. The molecule has 0 saturated carbocycles. The molecule has 14 N–H and O–H groups in total. The number of unbranched alkanes of at least 4 members (excludes halogenated alkanes) is 1. The summed E-state index contributed by atoms with van der Waals surface area (Å²) < 4.78 is 0. The van der Waals surface area contributed by atoms with E-state index >= 15 is 0 Å². The Balaban J connectivity index is 1.60. The second kappa shape index (κ2) is 17.7. The van der Waals surface area contributed by atoms with Gasteiger partial charge in [0.1, 0.15) is 18.1 Å². The van der Waals surface area contributed by atoms with Gasteiger partial charge < -0.3 is 54.0 Å². The summed E-state index contributed by atoms with van der Waals surface area (Å²) in [4.78, 5) is 63.4. The fraction of sp³-hybridized carbons (Fsp3) is 0.382. The first-order valence-corrected chi connectivity index (χ1v) is 16.3. The Morgan fingerprint density at radius 2 is 1.22 bits per heavy atom. The second-order valence-electron chi connectivity index (χ2n) is 12.0. The van der Waals surface area contributed by atoms with Crippen molar-refractivity contribution in [2.75, 3.05) is 13.1 Å². The number of hydrogen-bond donors (Lipinski definition) is 10. The number of para-hydroxylation sites is 2. The monoisotopic (exact) mass is 674 g/mol. The van der Waals surface area contributed by atoms with E-state index in [0.717, 1.165) is 32.9 Å². The molecule has 49 heavy (non-hydrogen) atoms. The second-order valence-corrected chi connectivity index (χ2v) is 12.0. The SMILES string of the molecule is NCCCCC(NC(=O)C(Cc1c[nH]c2ccccc12)NC(=O)C(Cc1c[nH]c2ccccc12)NC(=O)C(N)CCCN=C(N)N)C(=O)O. The number of aromatic nitrogens is 2. The predicted octanol–water partition coefficient (Wildman–Crippen LogP) is 0.483. The molecule has 4 atom stereocenters. The summed E-state index contributed by atoms with van der Waals surface area (Å²) in [6.45, 7) is 0.680. The van der Waals surface area contributed by atoms with Crippen LogP contribution in [-0.4, -0.2) is 82.0 Å². The molecule has 0 saturated heterocycles. The minimum absolute atomic E-state index is 0.0504. The van der Waals surface area contributed by atoms with Crippen LogP contribution in [0.3, 0.4) is 0 Å². The number of aromatic amines is 2. The Kier molecular flexibility index (Phi) is 13.1. The minimum Gasteiger partial charge on any atom is -0.480 e. The van der Waals surface area contributed by atoms with E-state index in [-0.39, 0.29) is 38.2 Å². The van der Waals surface area contributed by atoms with Crippen molar-refractivity contribution in [1.29, 1.82) is 0 Å². The number of aliphatic imine (C=N–C) groups is 1. The first-order valence-electron chi connectivity index (χ1n) is 16.3. The lowest BCUT2D eigenvalue weighted by Gasteiger charge is -2.25. The number of benzene rings is 2. The summed E-state index contributed by atoms with van der Waals surface area (Å²) in [5.74, 6) is -3.13. The maximum absolute atomic E-state index is 14.1. The van der Waals surface area contributed by atoms with E-state index in [2.05, 4.69) is 30.9 Å². The van der Waals surface area contributed by atoms with Gasteiger partial charge in [0.2, 0.25) is 17.7 Å². The summed E-state index contributed by atoms with van der Waals surface area (Å²) in [6.07, 6.45) is 5.62. The number of nitrogens with two attached hydrogens (primary N) is 4. The third-order valence-corrected chi connectivity index (χ3v) is 8.33. The Morgan fingerprint density at radius 1 is 0.714 bits per heavy atom. The van der Waals surface area contributed by atoms with E-state index in [1.807, 2.05) is 48.5 Å². The molecule has 15 heteroatoms. The molecule has 2 aromatic heterocycles. The van der Waals surface area contributed by atoms with Gasteiger partial charge in [0.25, 0.3) is 0 Å². The fourth-order valence-electron chi connectivity index (χ4n) is 5.68. The molecule has 3 amide bonds. The van der Waals surface area contributed by atoms with E-state index in [1.54, 1.807) is 12.4 Å². The van der Waals surface area contributed by atoms with Crippen molar-refractivity contribution in [3.8, 4) is 0 Å². The third-order valence-electron chi connectivity index (χ3n) is 8.33. The van der Waals surface area contributed by atoms with Gasteiger partial charge in [0.15, 0.2) is 5.96 Å². The van der Waals surface area contributed by atoms with Crippen LogP contribution in [0, 0.1) is 0 Å². The molecule has 0 spiro atoms. The number of carbonyl (C=O) groups is 4. The lowest BCUT2D eigenvalue weighted by atomic mass is 10.0. The highest BCUT2D eigenvalue weighted by Crippen LogP contribution is 2.21. The van der Waals surface area contributed by atoms with Gasteiger partial charge in [0, 0.05) is 53.6 Å². The molecule has 0 fully saturated rings. The van der Waals surface area contributed by atoms with Crippen molar-refractivity contribution < 1.29 is 24.3 Å². The van der Waals surface area contributed by atoms with Gasteiger partial charge >= 0.3 is 5.97 Å². The molecule has 2 aromatic carbocycles. The number of H-pyrrole nitrogens is 2. The summed E-state index contributed by atoms with van der Waals surface area (Å²) in [5, 5.41) is 19.7. The zero-order valence-electron chi connectivity index (χ0n) is 27.3. The number of aliphatic carboxylic acids is 1. The Morgan fingerprint density at radius 3 is 1.73 bits per heavy atom.